The van der Waals surface area contributed by atoms with Crippen LogP contribution in [0.4, 0.5) is 0 Å². The minimum absolute atomic E-state index is 0. The fourth-order valence-electron chi connectivity index (χ4n) is 1.74. The van der Waals surface area contributed by atoms with Gasteiger partial charge in [-0.1, -0.05) is 36.2 Å². The average molecular weight is 353 g/mol. The molecule has 21 heavy (non-hydrogen) atoms. The molecule has 116 valence electrons. The van der Waals surface area contributed by atoms with Gasteiger partial charge in [0.05, 0.1) is 10.0 Å². The third-order valence-electron chi connectivity index (χ3n) is 2.73. The fourth-order valence-corrected chi connectivity index (χ4v) is 2.06. The summed E-state index contributed by atoms with van der Waals surface area (Å²) < 4.78 is 0. The van der Waals surface area contributed by atoms with Gasteiger partial charge in [0, 0.05) is 0 Å². The number of rotatable bonds is 4. The Morgan fingerprint density at radius 3 is 2.62 bits per heavy atom. The second-order valence-electron chi connectivity index (χ2n) is 4.19. The molecule has 1 aliphatic heterocycles. The maximum atomic E-state index is 5.95. The van der Waals surface area contributed by atoms with Crippen LogP contribution >= 0.6 is 35.6 Å². The second-order valence-corrected chi connectivity index (χ2v) is 5.01. The Balaban J connectivity index is 0.00000220. The van der Waals surface area contributed by atoms with Crippen LogP contribution in [0.25, 0.3) is 0 Å². The first kappa shape index (κ1) is 17.8. The molecule has 2 rings (SSSR count). The zero-order chi connectivity index (χ0) is 14.7. The maximum absolute atomic E-state index is 5.95. The van der Waals surface area contributed by atoms with Crippen molar-refractivity contribution in [3.05, 3.63) is 33.8 Å². The van der Waals surface area contributed by atoms with Gasteiger partial charge in [-0.05, 0) is 24.1 Å². The lowest BCUT2D eigenvalue weighted by molar-refractivity contribution is -0.139. The Labute approximate surface area is 139 Å². The minimum atomic E-state index is -0.282. The van der Waals surface area contributed by atoms with Crippen molar-refractivity contribution >= 4 is 47.5 Å². The monoisotopic (exact) mass is 351 g/mol. The number of nitrogens with two attached hydrogens (primary N) is 2. The lowest BCUT2D eigenvalue weighted by atomic mass is 10.2. The number of hydrogen-bond acceptors (Lipinski definition) is 6. The van der Waals surface area contributed by atoms with Crippen molar-refractivity contribution in [2.45, 2.75) is 26.1 Å². The first-order valence-corrected chi connectivity index (χ1v) is 6.80. The van der Waals surface area contributed by atoms with Gasteiger partial charge in [0.25, 0.3) is 0 Å². The predicted octanol–water partition coefficient (Wildman–Crippen LogP) is 2.53. The van der Waals surface area contributed by atoms with Crippen LogP contribution in [0.5, 0.6) is 0 Å². The predicted molar refractivity (Wildman–Crippen MR) is 87.7 cm³/mol. The van der Waals surface area contributed by atoms with Crippen LogP contribution in [-0.4, -0.2) is 23.1 Å². The normalized spacial score (nSPS) is 17.9. The van der Waals surface area contributed by atoms with Crippen LogP contribution in [-0.2, 0) is 11.4 Å². The fraction of sp³-hybridized carbons (Fsp3) is 0.333. The van der Waals surface area contributed by atoms with E-state index in [-0.39, 0.29) is 37.1 Å². The van der Waals surface area contributed by atoms with Gasteiger partial charge in [0.15, 0.2) is 6.17 Å². The van der Waals surface area contributed by atoms with E-state index in [1.807, 2.05) is 13.0 Å². The number of hydroxylamine groups is 2. The summed E-state index contributed by atoms with van der Waals surface area (Å²) in [5.41, 5.74) is 12.2. The smallest absolute Gasteiger partial charge is 0.225 e. The van der Waals surface area contributed by atoms with E-state index in [1.54, 1.807) is 12.1 Å². The molecule has 1 unspecified atom stereocenters. The van der Waals surface area contributed by atoms with Crippen LogP contribution in [0, 0.1) is 0 Å². The van der Waals surface area contributed by atoms with Gasteiger partial charge in [0.1, 0.15) is 6.61 Å². The van der Waals surface area contributed by atoms with E-state index in [9.17, 15) is 0 Å². The molecule has 0 radical (unpaired) electrons. The van der Waals surface area contributed by atoms with Crippen molar-refractivity contribution in [3.63, 3.8) is 0 Å². The van der Waals surface area contributed by atoms with Gasteiger partial charge in [-0.2, -0.15) is 10.1 Å². The second kappa shape index (κ2) is 7.70. The summed E-state index contributed by atoms with van der Waals surface area (Å²) in [4.78, 5) is 13.7. The van der Waals surface area contributed by atoms with Gasteiger partial charge in [-0.3, -0.25) is 4.84 Å². The molecule has 0 fully saturated rings. The van der Waals surface area contributed by atoms with Crippen LogP contribution in [0.2, 0.25) is 10.0 Å². The third kappa shape index (κ3) is 4.38. The Bertz CT molecular complexity index is 564. The van der Waals surface area contributed by atoms with Crippen LogP contribution in [0.15, 0.2) is 28.2 Å². The molecule has 1 aliphatic rings. The molecule has 1 atom stereocenters. The number of aliphatic imine (C=N–C) groups is 2. The molecule has 4 N–H and O–H groups in total. The van der Waals surface area contributed by atoms with Gasteiger partial charge in [0.2, 0.25) is 11.9 Å². The molecule has 1 heterocycles. The molecule has 0 aliphatic carbocycles. The van der Waals surface area contributed by atoms with E-state index >= 15 is 0 Å². The summed E-state index contributed by atoms with van der Waals surface area (Å²) in [5, 5.41) is 2.42. The molecule has 0 saturated carbocycles. The highest BCUT2D eigenvalue weighted by Crippen LogP contribution is 2.23. The molecule has 9 heteroatoms. The largest absolute Gasteiger partial charge is 0.368 e. The molecular formula is C12H16Cl3N5O. The molecule has 0 spiro atoms. The Kier molecular flexibility index (Phi) is 6.54. The zero-order valence-electron chi connectivity index (χ0n) is 11.3. The lowest BCUT2D eigenvalue weighted by Gasteiger charge is -2.30. The third-order valence-corrected chi connectivity index (χ3v) is 3.47. The summed E-state index contributed by atoms with van der Waals surface area (Å²) in [6.07, 6.45) is 0.411. The Morgan fingerprint density at radius 2 is 2.00 bits per heavy atom. The summed E-state index contributed by atoms with van der Waals surface area (Å²) in [7, 11) is 0. The minimum Gasteiger partial charge on any atom is -0.368 e. The van der Waals surface area contributed by atoms with Crippen molar-refractivity contribution in [3.8, 4) is 0 Å². The summed E-state index contributed by atoms with van der Waals surface area (Å²) in [6.45, 7) is 2.23. The Hall–Kier alpha value is -1.21. The SMILES string of the molecule is CCC1N=C(N)N=C(N)N1OCc1ccc(Cl)c(Cl)c1.Cl. The molecular weight excluding hydrogens is 337 g/mol. The van der Waals surface area contributed by atoms with E-state index in [0.717, 1.165) is 5.56 Å². The van der Waals surface area contributed by atoms with Crippen molar-refractivity contribution in [2.24, 2.45) is 21.5 Å². The highest BCUT2D eigenvalue weighted by molar-refractivity contribution is 6.42. The average Bonchev–Trinajstić information content (AvgIpc) is 2.40. The van der Waals surface area contributed by atoms with Crippen LogP contribution < -0.4 is 11.5 Å². The van der Waals surface area contributed by atoms with Crippen molar-refractivity contribution < 1.29 is 4.84 Å². The van der Waals surface area contributed by atoms with Gasteiger partial charge in [-0.25, -0.2) is 4.99 Å². The summed E-state index contributed by atoms with van der Waals surface area (Å²) >= 11 is 11.8. The molecule has 0 bridgehead atoms. The molecule has 0 saturated heterocycles. The van der Waals surface area contributed by atoms with Crippen LogP contribution in [0.1, 0.15) is 18.9 Å². The van der Waals surface area contributed by atoms with E-state index in [0.29, 0.717) is 16.5 Å². The van der Waals surface area contributed by atoms with E-state index in [2.05, 4.69) is 9.98 Å². The molecule has 0 aromatic heterocycles. The van der Waals surface area contributed by atoms with Crippen molar-refractivity contribution in [2.75, 3.05) is 0 Å². The number of halogens is 3. The quantitative estimate of drug-likeness (QED) is 0.871. The number of nitrogens with zero attached hydrogens (tertiary/aromatic N) is 3. The maximum Gasteiger partial charge on any atom is 0.225 e. The van der Waals surface area contributed by atoms with E-state index in [4.69, 9.17) is 39.5 Å². The van der Waals surface area contributed by atoms with Crippen LogP contribution in [0.3, 0.4) is 0 Å². The van der Waals surface area contributed by atoms with Gasteiger partial charge >= 0.3 is 0 Å². The summed E-state index contributed by atoms with van der Waals surface area (Å²) in [5.74, 6) is 0.341. The highest BCUT2D eigenvalue weighted by Gasteiger charge is 2.24. The zero-order valence-corrected chi connectivity index (χ0v) is 13.6. The molecule has 6 nitrogen and oxygen atoms in total. The molecule has 1 aromatic carbocycles. The topological polar surface area (TPSA) is 89.2 Å². The number of hydrogen-bond donors (Lipinski definition) is 2. The lowest BCUT2D eigenvalue weighted by Crippen LogP contribution is -2.47. The first-order chi connectivity index (χ1) is 9.51. The first-order valence-electron chi connectivity index (χ1n) is 6.04. The number of guanidine groups is 2. The van der Waals surface area contributed by atoms with Crippen molar-refractivity contribution in [1.29, 1.82) is 0 Å². The van der Waals surface area contributed by atoms with E-state index < -0.39 is 0 Å². The Morgan fingerprint density at radius 1 is 1.29 bits per heavy atom. The van der Waals surface area contributed by atoms with Gasteiger partial charge in [-0.15, -0.1) is 12.4 Å². The standard InChI is InChI=1S/C12H15Cl2N5O.ClH/c1-2-10-17-11(15)18-12(16)19(10)20-6-7-3-4-8(13)9(14)5-7;/h3-5,10H,2,6H2,1H3,(H4,15,16,17,18);1H. The summed E-state index contributed by atoms with van der Waals surface area (Å²) in [6, 6.07) is 5.27. The molecule has 0 amide bonds. The number of benzene rings is 1. The van der Waals surface area contributed by atoms with E-state index in [1.165, 1.54) is 5.06 Å². The van der Waals surface area contributed by atoms with Gasteiger partial charge < -0.3 is 11.5 Å². The van der Waals surface area contributed by atoms with Crippen molar-refractivity contribution in [1.82, 2.24) is 5.06 Å². The highest BCUT2D eigenvalue weighted by atomic mass is 35.5. The molecule has 1 aromatic rings.